The van der Waals surface area contributed by atoms with Crippen LogP contribution >= 0.6 is 15.9 Å². The van der Waals surface area contributed by atoms with Gasteiger partial charge in [-0.1, -0.05) is 30.3 Å². The van der Waals surface area contributed by atoms with E-state index >= 15 is 0 Å². The van der Waals surface area contributed by atoms with Gasteiger partial charge in [-0.15, -0.1) is 0 Å². The number of aryl methyl sites for hydroxylation is 2. The van der Waals surface area contributed by atoms with Gasteiger partial charge in [0.05, 0.1) is 18.7 Å². The van der Waals surface area contributed by atoms with Gasteiger partial charge < -0.3 is 16.0 Å². The van der Waals surface area contributed by atoms with E-state index in [9.17, 15) is 14.4 Å². The van der Waals surface area contributed by atoms with Gasteiger partial charge in [-0.3, -0.25) is 14.4 Å². The predicted molar refractivity (Wildman–Crippen MR) is 104 cm³/mol. The predicted octanol–water partition coefficient (Wildman–Crippen LogP) is 2.55. The largest absolute Gasteiger partial charge is 0.345 e. The van der Waals surface area contributed by atoms with Gasteiger partial charge in [0.1, 0.15) is 0 Å². The van der Waals surface area contributed by atoms with Crippen molar-refractivity contribution in [3.05, 3.63) is 63.6 Å². The number of rotatable bonds is 6. The van der Waals surface area contributed by atoms with Crippen molar-refractivity contribution in [1.29, 1.82) is 0 Å². The lowest BCUT2D eigenvalue weighted by molar-refractivity contribution is -0.123. The summed E-state index contributed by atoms with van der Waals surface area (Å²) in [6.07, 6.45) is 0. The molecule has 0 heterocycles. The van der Waals surface area contributed by atoms with Gasteiger partial charge in [0.15, 0.2) is 0 Å². The van der Waals surface area contributed by atoms with E-state index < -0.39 is 5.91 Å². The van der Waals surface area contributed by atoms with Crippen molar-refractivity contribution in [2.45, 2.75) is 13.8 Å². The second-order valence-electron chi connectivity index (χ2n) is 5.75. The monoisotopic (exact) mass is 417 g/mol. The van der Waals surface area contributed by atoms with Crippen molar-refractivity contribution < 1.29 is 14.4 Å². The Morgan fingerprint density at radius 2 is 1.46 bits per heavy atom. The molecule has 0 spiro atoms. The highest BCUT2D eigenvalue weighted by molar-refractivity contribution is 9.10. The summed E-state index contributed by atoms with van der Waals surface area (Å²) >= 11 is 3.28. The van der Waals surface area contributed by atoms with Crippen molar-refractivity contribution in [2.75, 3.05) is 18.4 Å². The molecule has 0 saturated heterocycles. The molecule has 0 unspecified atom stereocenters. The fraction of sp³-hybridized carbons (Fsp3) is 0.211. The minimum atomic E-state index is -0.443. The molecule has 26 heavy (non-hydrogen) atoms. The van der Waals surface area contributed by atoms with E-state index in [0.717, 1.165) is 16.8 Å². The second kappa shape index (κ2) is 9.15. The molecule has 0 fully saturated rings. The van der Waals surface area contributed by atoms with Crippen molar-refractivity contribution in [1.82, 2.24) is 10.6 Å². The summed E-state index contributed by atoms with van der Waals surface area (Å²) < 4.78 is 0.644. The normalized spacial score (nSPS) is 10.1. The van der Waals surface area contributed by atoms with Crippen LogP contribution in [0.4, 0.5) is 5.69 Å². The maximum atomic E-state index is 12.0. The Labute approximate surface area is 160 Å². The van der Waals surface area contributed by atoms with Gasteiger partial charge >= 0.3 is 0 Å². The summed E-state index contributed by atoms with van der Waals surface area (Å²) in [5.41, 5.74) is 3.08. The quantitative estimate of drug-likeness (QED) is 0.674. The topological polar surface area (TPSA) is 87.3 Å². The molecule has 6 nitrogen and oxygen atoms in total. The summed E-state index contributed by atoms with van der Waals surface area (Å²) in [5.74, 6) is -1.14. The molecule has 0 atom stereocenters. The first-order valence-corrected chi connectivity index (χ1v) is 8.83. The first-order valence-electron chi connectivity index (χ1n) is 8.04. The minimum absolute atomic E-state index is 0.169. The van der Waals surface area contributed by atoms with Crippen molar-refractivity contribution in [2.24, 2.45) is 0 Å². The van der Waals surface area contributed by atoms with Gasteiger partial charge in [0.25, 0.3) is 5.91 Å². The number of anilines is 1. The number of carbonyl (C=O) groups excluding carboxylic acids is 3. The molecular weight excluding hydrogens is 398 g/mol. The highest BCUT2D eigenvalue weighted by Gasteiger charge is 2.12. The number of amides is 3. The van der Waals surface area contributed by atoms with E-state index in [1.165, 1.54) is 0 Å². The summed E-state index contributed by atoms with van der Waals surface area (Å²) in [6, 6.07) is 12.6. The average molecular weight is 418 g/mol. The lowest BCUT2D eigenvalue weighted by Gasteiger charge is -2.12. The Kier molecular flexibility index (Phi) is 6.91. The Morgan fingerprint density at radius 3 is 2.12 bits per heavy atom. The van der Waals surface area contributed by atoms with Crippen LogP contribution in [0.1, 0.15) is 21.5 Å². The SMILES string of the molecule is Cc1cccc(C)c1NC(=O)CNC(=O)CNC(=O)c1ccccc1Br. The Morgan fingerprint density at radius 1 is 0.846 bits per heavy atom. The first kappa shape index (κ1) is 19.7. The van der Waals surface area contributed by atoms with Crippen LogP contribution in [-0.4, -0.2) is 30.8 Å². The highest BCUT2D eigenvalue weighted by atomic mass is 79.9. The third-order valence-corrected chi connectivity index (χ3v) is 4.41. The summed E-state index contributed by atoms with van der Waals surface area (Å²) in [7, 11) is 0. The Balaban J connectivity index is 1.79. The molecule has 2 aromatic carbocycles. The fourth-order valence-electron chi connectivity index (χ4n) is 2.34. The van der Waals surface area contributed by atoms with Crippen LogP contribution < -0.4 is 16.0 Å². The number of hydrogen-bond acceptors (Lipinski definition) is 3. The molecule has 136 valence electrons. The van der Waals surface area contributed by atoms with Crippen LogP contribution in [0.2, 0.25) is 0 Å². The number of nitrogens with one attached hydrogen (secondary N) is 3. The first-order chi connectivity index (χ1) is 12.4. The van der Waals surface area contributed by atoms with Crippen molar-refractivity contribution >= 4 is 39.3 Å². The molecule has 0 aliphatic carbocycles. The van der Waals surface area contributed by atoms with Crippen LogP contribution in [0.5, 0.6) is 0 Å². The molecule has 3 amide bonds. The Hall–Kier alpha value is -2.67. The molecule has 2 rings (SSSR count). The second-order valence-corrected chi connectivity index (χ2v) is 6.61. The number of halogens is 1. The van der Waals surface area contributed by atoms with Crippen LogP contribution in [-0.2, 0) is 9.59 Å². The van der Waals surface area contributed by atoms with E-state index in [2.05, 4.69) is 31.9 Å². The van der Waals surface area contributed by atoms with E-state index in [-0.39, 0.29) is 24.9 Å². The van der Waals surface area contributed by atoms with E-state index in [4.69, 9.17) is 0 Å². The number of para-hydroxylation sites is 1. The van der Waals surface area contributed by atoms with Crippen molar-refractivity contribution in [3.63, 3.8) is 0 Å². The zero-order valence-corrected chi connectivity index (χ0v) is 16.1. The smallest absolute Gasteiger partial charge is 0.252 e. The summed E-state index contributed by atoms with van der Waals surface area (Å²) in [6.45, 7) is 3.42. The third kappa shape index (κ3) is 5.42. The van der Waals surface area contributed by atoms with Gasteiger partial charge in [-0.25, -0.2) is 0 Å². The molecular formula is C19H20BrN3O3. The van der Waals surface area contributed by atoms with Crippen LogP contribution in [0.25, 0.3) is 0 Å². The van der Waals surface area contributed by atoms with Gasteiger partial charge in [-0.05, 0) is 53.0 Å². The number of carbonyl (C=O) groups is 3. The van der Waals surface area contributed by atoms with Crippen LogP contribution in [0.3, 0.4) is 0 Å². The third-order valence-electron chi connectivity index (χ3n) is 3.72. The average Bonchev–Trinajstić information content (AvgIpc) is 2.61. The molecule has 0 bridgehead atoms. The molecule has 0 aliphatic heterocycles. The lowest BCUT2D eigenvalue weighted by atomic mass is 10.1. The van der Waals surface area contributed by atoms with E-state index in [0.29, 0.717) is 10.0 Å². The summed E-state index contributed by atoms with van der Waals surface area (Å²) in [4.78, 5) is 35.9. The molecule has 7 heteroatoms. The molecule has 0 aromatic heterocycles. The fourth-order valence-corrected chi connectivity index (χ4v) is 2.80. The van der Waals surface area contributed by atoms with Crippen LogP contribution in [0.15, 0.2) is 46.9 Å². The van der Waals surface area contributed by atoms with Crippen LogP contribution in [0, 0.1) is 13.8 Å². The molecule has 2 aromatic rings. The van der Waals surface area contributed by atoms with E-state index in [1.807, 2.05) is 32.0 Å². The maximum absolute atomic E-state index is 12.0. The zero-order chi connectivity index (χ0) is 19.1. The molecule has 0 radical (unpaired) electrons. The van der Waals surface area contributed by atoms with E-state index in [1.54, 1.807) is 24.3 Å². The van der Waals surface area contributed by atoms with Gasteiger partial charge in [0.2, 0.25) is 11.8 Å². The Bertz CT molecular complexity index is 816. The zero-order valence-electron chi connectivity index (χ0n) is 14.6. The standard InChI is InChI=1S/C19H20BrN3O3/c1-12-6-5-7-13(2)18(12)23-17(25)11-21-16(24)10-22-19(26)14-8-3-4-9-15(14)20/h3-9H,10-11H2,1-2H3,(H,21,24)(H,22,26)(H,23,25). The molecule has 3 N–H and O–H groups in total. The molecule has 0 saturated carbocycles. The number of hydrogen-bond donors (Lipinski definition) is 3. The van der Waals surface area contributed by atoms with Gasteiger partial charge in [-0.2, -0.15) is 0 Å². The van der Waals surface area contributed by atoms with Gasteiger partial charge in [0, 0.05) is 10.2 Å². The summed E-state index contributed by atoms with van der Waals surface area (Å²) in [5, 5.41) is 7.79. The highest BCUT2D eigenvalue weighted by Crippen LogP contribution is 2.19. The van der Waals surface area contributed by atoms with Crippen molar-refractivity contribution in [3.8, 4) is 0 Å². The minimum Gasteiger partial charge on any atom is -0.345 e. The molecule has 0 aliphatic rings. The lowest BCUT2D eigenvalue weighted by Crippen LogP contribution is -2.40. The maximum Gasteiger partial charge on any atom is 0.252 e. The number of benzene rings is 2.